The van der Waals surface area contributed by atoms with Crippen molar-refractivity contribution in [1.29, 1.82) is 0 Å². The summed E-state index contributed by atoms with van der Waals surface area (Å²) >= 11 is 8.68. The predicted octanol–water partition coefficient (Wildman–Crippen LogP) is 3.02. The summed E-state index contributed by atoms with van der Waals surface area (Å²) in [6, 6.07) is 7.76. The number of alkyl halides is 1. The van der Waals surface area contributed by atoms with Gasteiger partial charge in [0.2, 0.25) is 0 Å². The lowest BCUT2D eigenvalue weighted by molar-refractivity contribution is 0.385. The highest BCUT2D eigenvalue weighted by molar-refractivity contribution is 9.10. The zero-order valence-electron chi connectivity index (χ0n) is 5.18. The molecule has 0 spiro atoms. The highest BCUT2D eigenvalue weighted by Gasteiger charge is 1.95. The quantitative estimate of drug-likeness (QED) is 0.698. The van der Waals surface area contributed by atoms with E-state index < -0.39 is 0 Å². The lowest BCUT2D eigenvalue weighted by Crippen LogP contribution is -1.88. The topological polar surface area (TPSA) is 9.23 Å². The zero-order chi connectivity index (χ0) is 7.40. The van der Waals surface area contributed by atoms with Crippen LogP contribution in [0.15, 0.2) is 28.7 Å². The van der Waals surface area contributed by atoms with E-state index in [9.17, 15) is 0 Å². The van der Waals surface area contributed by atoms with Gasteiger partial charge in [-0.25, -0.2) is 0 Å². The third-order valence-electron chi connectivity index (χ3n) is 1.05. The van der Waals surface area contributed by atoms with Crippen molar-refractivity contribution in [3.8, 4) is 5.75 Å². The highest BCUT2D eigenvalue weighted by Crippen LogP contribution is 2.23. The average Bonchev–Trinajstić information content (AvgIpc) is 1.94. The van der Waals surface area contributed by atoms with Crippen molar-refractivity contribution >= 4 is 27.5 Å². The Morgan fingerprint density at radius 1 is 1.40 bits per heavy atom. The van der Waals surface area contributed by atoms with Gasteiger partial charge in [0.1, 0.15) is 5.75 Å². The third-order valence-corrected chi connectivity index (χ3v) is 1.81. The van der Waals surface area contributed by atoms with Crippen LogP contribution >= 0.6 is 27.5 Å². The van der Waals surface area contributed by atoms with E-state index in [0.717, 1.165) is 10.2 Å². The molecule has 1 nitrogen and oxygen atoms in total. The molecule has 0 aliphatic carbocycles. The van der Waals surface area contributed by atoms with Gasteiger partial charge in [-0.2, -0.15) is 0 Å². The van der Waals surface area contributed by atoms with Crippen LogP contribution in [0.3, 0.4) is 0 Å². The first-order valence-electron chi connectivity index (χ1n) is 2.78. The average molecular weight is 221 g/mol. The Labute approximate surface area is 73.1 Å². The molecule has 0 unspecified atom stereocenters. The third kappa shape index (κ3) is 1.89. The highest BCUT2D eigenvalue weighted by atomic mass is 79.9. The minimum atomic E-state index is 0.183. The van der Waals surface area contributed by atoms with Crippen LogP contribution in [0.2, 0.25) is 0 Å². The molecule has 1 aromatic rings. The molecule has 0 amide bonds. The molecule has 0 aliphatic rings. The summed E-state index contributed by atoms with van der Waals surface area (Å²) < 4.78 is 5.98. The Morgan fingerprint density at radius 2 is 2.10 bits per heavy atom. The maximum atomic E-state index is 5.36. The summed E-state index contributed by atoms with van der Waals surface area (Å²) in [5, 5.41) is 0. The monoisotopic (exact) mass is 220 g/mol. The summed E-state index contributed by atoms with van der Waals surface area (Å²) in [6.45, 7) is 0. The molecule has 54 valence electrons. The minimum absolute atomic E-state index is 0.183. The van der Waals surface area contributed by atoms with Crippen molar-refractivity contribution in [1.82, 2.24) is 0 Å². The van der Waals surface area contributed by atoms with Crippen LogP contribution in [0.25, 0.3) is 0 Å². The van der Waals surface area contributed by atoms with E-state index in [1.54, 1.807) is 0 Å². The fourth-order valence-electron chi connectivity index (χ4n) is 0.621. The maximum absolute atomic E-state index is 5.36. The molecule has 0 heterocycles. The Morgan fingerprint density at radius 3 is 2.70 bits per heavy atom. The Bertz CT molecular complexity index is 215. The molecule has 0 atom stereocenters. The Balaban J connectivity index is 2.81. The second kappa shape index (κ2) is 3.84. The van der Waals surface area contributed by atoms with Crippen LogP contribution in [-0.4, -0.2) is 6.07 Å². The summed E-state index contributed by atoms with van der Waals surface area (Å²) in [6.07, 6.45) is 0. The van der Waals surface area contributed by atoms with Crippen LogP contribution in [0.1, 0.15) is 0 Å². The standard InChI is InChI=1S/C7H6BrClO/c8-6-3-1-2-4-7(6)10-5-9/h1-4H,5H2. The number of rotatable bonds is 2. The van der Waals surface area contributed by atoms with Gasteiger partial charge in [0.05, 0.1) is 4.47 Å². The number of para-hydroxylation sites is 1. The largest absolute Gasteiger partial charge is 0.477 e. The van der Waals surface area contributed by atoms with Crippen LogP contribution in [-0.2, 0) is 0 Å². The molecule has 0 radical (unpaired) electrons. The fraction of sp³-hybridized carbons (Fsp3) is 0.143. The van der Waals surface area contributed by atoms with Gasteiger partial charge in [0.15, 0.2) is 6.07 Å². The molecule has 0 saturated heterocycles. The molecular formula is C7H6BrClO. The maximum Gasteiger partial charge on any atom is 0.162 e. The van der Waals surface area contributed by atoms with Crippen LogP contribution in [0, 0.1) is 0 Å². The van der Waals surface area contributed by atoms with Gasteiger partial charge in [0, 0.05) is 0 Å². The molecule has 0 aromatic heterocycles. The second-order valence-corrected chi connectivity index (χ2v) is 2.76. The summed E-state index contributed by atoms with van der Waals surface area (Å²) in [5.74, 6) is 0.775. The number of benzene rings is 1. The van der Waals surface area contributed by atoms with E-state index >= 15 is 0 Å². The van der Waals surface area contributed by atoms with Crippen molar-refractivity contribution in [3.05, 3.63) is 28.7 Å². The van der Waals surface area contributed by atoms with Crippen molar-refractivity contribution in [2.45, 2.75) is 0 Å². The van der Waals surface area contributed by atoms with E-state index in [0.29, 0.717) is 0 Å². The zero-order valence-corrected chi connectivity index (χ0v) is 7.52. The molecule has 1 rings (SSSR count). The van der Waals surface area contributed by atoms with Gasteiger partial charge in [-0.3, -0.25) is 0 Å². The summed E-state index contributed by atoms with van der Waals surface area (Å²) in [5.41, 5.74) is 0. The Hall–Kier alpha value is -0.210. The first-order chi connectivity index (χ1) is 4.84. The molecule has 0 fully saturated rings. The second-order valence-electron chi connectivity index (χ2n) is 1.68. The molecule has 0 bridgehead atoms. The van der Waals surface area contributed by atoms with Gasteiger partial charge in [-0.05, 0) is 28.1 Å². The van der Waals surface area contributed by atoms with E-state index in [1.165, 1.54) is 0 Å². The van der Waals surface area contributed by atoms with Crippen molar-refractivity contribution in [3.63, 3.8) is 0 Å². The van der Waals surface area contributed by atoms with E-state index in [2.05, 4.69) is 15.9 Å². The summed E-state index contributed by atoms with van der Waals surface area (Å²) in [4.78, 5) is 0. The Kier molecular flexibility index (Phi) is 3.03. The lowest BCUT2D eigenvalue weighted by atomic mass is 10.3. The molecule has 0 saturated carbocycles. The van der Waals surface area contributed by atoms with Crippen LogP contribution in [0.5, 0.6) is 5.75 Å². The van der Waals surface area contributed by atoms with Gasteiger partial charge in [-0.15, -0.1) is 0 Å². The van der Waals surface area contributed by atoms with Gasteiger partial charge < -0.3 is 4.74 Å². The lowest BCUT2D eigenvalue weighted by Gasteiger charge is -2.01. The number of hydrogen-bond acceptors (Lipinski definition) is 1. The number of hydrogen-bond donors (Lipinski definition) is 0. The van der Waals surface area contributed by atoms with Gasteiger partial charge in [0.25, 0.3) is 0 Å². The molecular weight excluding hydrogens is 215 g/mol. The first-order valence-corrected chi connectivity index (χ1v) is 4.10. The molecule has 3 heteroatoms. The van der Waals surface area contributed by atoms with E-state index in [4.69, 9.17) is 16.3 Å². The van der Waals surface area contributed by atoms with Crippen LogP contribution < -0.4 is 4.74 Å². The number of ether oxygens (including phenoxy) is 1. The smallest absolute Gasteiger partial charge is 0.162 e. The van der Waals surface area contributed by atoms with Gasteiger partial charge >= 0.3 is 0 Å². The molecule has 0 aliphatic heterocycles. The van der Waals surface area contributed by atoms with Gasteiger partial charge in [-0.1, -0.05) is 23.7 Å². The molecule has 0 N–H and O–H groups in total. The summed E-state index contributed by atoms with van der Waals surface area (Å²) in [7, 11) is 0. The minimum Gasteiger partial charge on any atom is -0.477 e. The van der Waals surface area contributed by atoms with E-state index in [-0.39, 0.29) is 6.07 Å². The molecule has 10 heavy (non-hydrogen) atoms. The number of halogens is 2. The van der Waals surface area contributed by atoms with Crippen molar-refractivity contribution in [2.24, 2.45) is 0 Å². The molecule has 1 aromatic carbocycles. The van der Waals surface area contributed by atoms with Crippen molar-refractivity contribution in [2.75, 3.05) is 6.07 Å². The van der Waals surface area contributed by atoms with E-state index in [1.807, 2.05) is 24.3 Å². The first kappa shape index (κ1) is 7.89. The fourth-order valence-corrected chi connectivity index (χ4v) is 1.14. The van der Waals surface area contributed by atoms with Crippen LogP contribution in [0.4, 0.5) is 0 Å². The SMILES string of the molecule is ClCOc1ccccc1Br. The normalized spacial score (nSPS) is 9.40. The van der Waals surface area contributed by atoms with Crippen molar-refractivity contribution < 1.29 is 4.74 Å². The predicted molar refractivity (Wildman–Crippen MR) is 45.5 cm³/mol.